The summed E-state index contributed by atoms with van der Waals surface area (Å²) in [5, 5.41) is 0. The van der Waals surface area contributed by atoms with Gasteiger partial charge in [-0.2, -0.15) is 0 Å². The molecule has 6 nitrogen and oxygen atoms in total. The zero-order valence-electron chi connectivity index (χ0n) is 15.7. The lowest BCUT2D eigenvalue weighted by molar-refractivity contribution is -0.151. The van der Waals surface area contributed by atoms with E-state index in [2.05, 4.69) is 0 Å². The SMILES string of the molecule is CCOC(=O)CC(=O)N1[C@@H]([C@@H]2O[C@H]2c2ccccc2)OC[C@H]1c1ccccc1. The Morgan fingerprint density at radius 1 is 1.04 bits per heavy atom. The molecule has 0 aromatic heterocycles. The minimum Gasteiger partial charge on any atom is -0.466 e. The fourth-order valence-electron chi connectivity index (χ4n) is 3.71. The number of nitrogens with zero attached hydrogens (tertiary/aromatic N) is 1. The third kappa shape index (κ3) is 3.79. The molecule has 6 heteroatoms. The van der Waals surface area contributed by atoms with E-state index in [1.54, 1.807) is 11.8 Å². The van der Waals surface area contributed by atoms with Crippen LogP contribution in [0.1, 0.15) is 36.6 Å². The fourth-order valence-corrected chi connectivity index (χ4v) is 3.71. The molecule has 2 aromatic rings. The van der Waals surface area contributed by atoms with Crippen LogP contribution in [0.2, 0.25) is 0 Å². The van der Waals surface area contributed by atoms with Gasteiger partial charge in [0.2, 0.25) is 5.91 Å². The number of rotatable bonds is 6. The molecule has 146 valence electrons. The average Bonchev–Trinajstić information content (AvgIpc) is 3.39. The molecule has 0 saturated carbocycles. The summed E-state index contributed by atoms with van der Waals surface area (Å²) in [6.07, 6.45) is -1.20. The zero-order valence-corrected chi connectivity index (χ0v) is 15.7. The second kappa shape index (κ2) is 8.12. The van der Waals surface area contributed by atoms with Gasteiger partial charge in [0, 0.05) is 0 Å². The number of hydrogen-bond donors (Lipinski definition) is 0. The molecular formula is C22H23NO5. The molecule has 2 saturated heterocycles. The van der Waals surface area contributed by atoms with Crippen LogP contribution in [-0.4, -0.2) is 42.3 Å². The van der Waals surface area contributed by atoms with Crippen LogP contribution in [0.4, 0.5) is 0 Å². The summed E-state index contributed by atoms with van der Waals surface area (Å²) in [6.45, 7) is 2.33. The number of hydrogen-bond acceptors (Lipinski definition) is 5. The van der Waals surface area contributed by atoms with Crippen molar-refractivity contribution >= 4 is 11.9 Å². The molecule has 0 unspecified atom stereocenters. The highest BCUT2D eigenvalue weighted by Crippen LogP contribution is 2.46. The number of ether oxygens (including phenoxy) is 3. The van der Waals surface area contributed by atoms with Crippen LogP contribution in [0.15, 0.2) is 60.7 Å². The first-order chi connectivity index (χ1) is 13.7. The molecule has 2 aliphatic heterocycles. The molecule has 2 aliphatic rings. The summed E-state index contributed by atoms with van der Waals surface area (Å²) >= 11 is 0. The first kappa shape index (κ1) is 18.7. The first-order valence-corrected chi connectivity index (χ1v) is 9.52. The van der Waals surface area contributed by atoms with Crippen LogP contribution in [0.3, 0.4) is 0 Å². The maximum atomic E-state index is 13.0. The predicted molar refractivity (Wildman–Crippen MR) is 101 cm³/mol. The molecule has 0 spiro atoms. The quantitative estimate of drug-likeness (QED) is 0.437. The first-order valence-electron chi connectivity index (χ1n) is 9.52. The second-order valence-electron chi connectivity index (χ2n) is 6.87. The van der Waals surface area contributed by atoms with Crippen LogP contribution < -0.4 is 0 Å². The lowest BCUT2D eigenvalue weighted by Crippen LogP contribution is -2.42. The Morgan fingerprint density at radius 3 is 2.32 bits per heavy atom. The summed E-state index contributed by atoms with van der Waals surface area (Å²) in [6, 6.07) is 19.3. The summed E-state index contributed by atoms with van der Waals surface area (Å²) in [4.78, 5) is 26.5. The summed E-state index contributed by atoms with van der Waals surface area (Å²) in [5.74, 6) is -0.835. The van der Waals surface area contributed by atoms with Crippen molar-refractivity contribution in [3.8, 4) is 0 Å². The van der Waals surface area contributed by atoms with Crippen LogP contribution >= 0.6 is 0 Å². The normalized spacial score (nSPS) is 26.1. The van der Waals surface area contributed by atoms with E-state index < -0.39 is 12.2 Å². The van der Waals surface area contributed by atoms with E-state index in [1.165, 1.54) is 0 Å². The third-order valence-corrected chi connectivity index (χ3v) is 5.04. The van der Waals surface area contributed by atoms with Crippen molar-refractivity contribution in [2.24, 2.45) is 0 Å². The monoisotopic (exact) mass is 381 g/mol. The molecule has 4 atom stereocenters. The van der Waals surface area contributed by atoms with Gasteiger partial charge in [-0.05, 0) is 18.1 Å². The van der Waals surface area contributed by atoms with Crippen molar-refractivity contribution in [3.05, 3.63) is 71.8 Å². The van der Waals surface area contributed by atoms with Gasteiger partial charge in [0.15, 0.2) is 6.23 Å². The van der Waals surface area contributed by atoms with Gasteiger partial charge in [-0.15, -0.1) is 0 Å². The number of epoxide rings is 1. The average molecular weight is 381 g/mol. The van der Waals surface area contributed by atoms with Gasteiger partial charge < -0.3 is 19.1 Å². The van der Waals surface area contributed by atoms with Crippen molar-refractivity contribution in [1.82, 2.24) is 4.90 Å². The summed E-state index contributed by atoms with van der Waals surface area (Å²) < 4.78 is 16.8. The molecule has 2 aromatic carbocycles. The van der Waals surface area contributed by atoms with Gasteiger partial charge in [-0.3, -0.25) is 9.59 Å². The van der Waals surface area contributed by atoms with E-state index in [0.717, 1.165) is 11.1 Å². The number of carbonyl (C=O) groups is 2. The van der Waals surface area contributed by atoms with E-state index >= 15 is 0 Å². The number of benzene rings is 2. The molecule has 2 fully saturated rings. The van der Waals surface area contributed by atoms with Crippen LogP contribution in [0.25, 0.3) is 0 Å². The molecule has 0 radical (unpaired) electrons. The topological polar surface area (TPSA) is 68.4 Å². The Morgan fingerprint density at radius 2 is 1.68 bits per heavy atom. The van der Waals surface area contributed by atoms with Crippen LogP contribution in [0.5, 0.6) is 0 Å². The predicted octanol–water partition coefficient (Wildman–Crippen LogP) is 3.01. The highest BCUT2D eigenvalue weighted by Gasteiger charge is 2.54. The minimum atomic E-state index is -0.530. The van der Waals surface area contributed by atoms with E-state index in [-0.39, 0.29) is 37.2 Å². The highest BCUT2D eigenvalue weighted by atomic mass is 16.6. The number of esters is 1. The van der Waals surface area contributed by atoms with Gasteiger partial charge in [-0.25, -0.2) is 0 Å². The Bertz CT molecular complexity index is 825. The van der Waals surface area contributed by atoms with E-state index in [0.29, 0.717) is 6.61 Å². The maximum absolute atomic E-state index is 13.0. The summed E-state index contributed by atoms with van der Waals surface area (Å²) in [7, 11) is 0. The largest absolute Gasteiger partial charge is 0.466 e. The molecule has 0 N–H and O–H groups in total. The van der Waals surface area contributed by atoms with Crippen LogP contribution in [-0.2, 0) is 23.8 Å². The van der Waals surface area contributed by atoms with E-state index in [1.807, 2.05) is 60.7 Å². The molecule has 4 rings (SSSR count). The Balaban J connectivity index is 1.55. The van der Waals surface area contributed by atoms with Gasteiger partial charge in [-0.1, -0.05) is 60.7 Å². The summed E-state index contributed by atoms with van der Waals surface area (Å²) in [5.41, 5.74) is 2.02. The Labute approximate surface area is 164 Å². The van der Waals surface area contributed by atoms with Gasteiger partial charge in [0.25, 0.3) is 0 Å². The van der Waals surface area contributed by atoms with Gasteiger partial charge in [0.05, 0.1) is 19.3 Å². The molecule has 1 amide bonds. The standard InChI is InChI=1S/C22H23NO5/c1-2-26-19(25)13-18(24)23-17(15-9-5-3-6-10-15)14-27-22(23)21-20(28-21)16-11-7-4-8-12-16/h3-12,17,20-22H,2,13-14H2,1H3/t17-,20-,21+,22+/m0/s1. The molecular weight excluding hydrogens is 358 g/mol. The van der Waals surface area contributed by atoms with Crippen molar-refractivity contribution in [1.29, 1.82) is 0 Å². The molecule has 0 aliphatic carbocycles. The van der Waals surface area contributed by atoms with E-state index in [9.17, 15) is 9.59 Å². The van der Waals surface area contributed by atoms with Crippen molar-refractivity contribution < 1.29 is 23.8 Å². The van der Waals surface area contributed by atoms with Gasteiger partial charge >= 0.3 is 5.97 Å². The van der Waals surface area contributed by atoms with Crippen molar-refractivity contribution in [2.45, 2.75) is 37.8 Å². The molecule has 2 heterocycles. The van der Waals surface area contributed by atoms with Crippen molar-refractivity contribution in [2.75, 3.05) is 13.2 Å². The zero-order chi connectivity index (χ0) is 19.5. The smallest absolute Gasteiger partial charge is 0.315 e. The Kier molecular flexibility index (Phi) is 5.41. The van der Waals surface area contributed by atoms with Crippen molar-refractivity contribution in [3.63, 3.8) is 0 Å². The Hall–Kier alpha value is -2.70. The minimum absolute atomic E-state index is 0.112. The van der Waals surface area contributed by atoms with E-state index in [4.69, 9.17) is 14.2 Å². The molecule has 0 bridgehead atoms. The molecule has 28 heavy (non-hydrogen) atoms. The van der Waals surface area contributed by atoms with Gasteiger partial charge in [0.1, 0.15) is 18.6 Å². The maximum Gasteiger partial charge on any atom is 0.315 e. The third-order valence-electron chi connectivity index (χ3n) is 5.04. The highest BCUT2D eigenvalue weighted by molar-refractivity contribution is 5.94. The lowest BCUT2D eigenvalue weighted by Gasteiger charge is -2.27. The fraction of sp³-hybridized carbons (Fsp3) is 0.364. The second-order valence-corrected chi connectivity index (χ2v) is 6.87. The van der Waals surface area contributed by atoms with Crippen LogP contribution in [0, 0.1) is 0 Å². The number of carbonyl (C=O) groups excluding carboxylic acids is 2. The lowest BCUT2D eigenvalue weighted by atomic mass is 10.0. The number of amides is 1.